The van der Waals surface area contributed by atoms with Gasteiger partial charge in [-0.1, -0.05) is 42.5 Å². The van der Waals surface area contributed by atoms with E-state index >= 15 is 0 Å². The molecule has 0 aromatic heterocycles. The Labute approximate surface area is 214 Å². The van der Waals surface area contributed by atoms with Crippen LogP contribution in [0.4, 0.5) is 10.5 Å². The lowest BCUT2D eigenvalue weighted by Crippen LogP contribution is -2.44. The smallest absolute Gasteiger partial charge is 0.408 e. The van der Waals surface area contributed by atoms with Crippen LogP contribution >= 0.6 is 0 Å². The highest BCUT2D eigenvalue weighted by Crippen LogP contribution is 2.33. The molecule has 0 aliphatic carbocycles. The number of carbonyl (C=O) groups is 3. The minimum absolute atomic E-state index is 0.0922. The molecule has 0 spiro atoms. The highest BCUT2D eigenvalue weighted by Gasteiger charge is 2.25. The average molecular weight is 501 g/mol. The molecule has 1 heterocycles. The molecule has 1 atom stereocenters. The first-order chi connectivity index (χ1) is 17.6. The van der Waals surface area contributed by atoms with Gasteiger partial charge in [0.25, 0.3) is 5.91 Å². The Bertz CT molecular complexity index is 1340. The fraction of sp³-hybridized carbons (Fsp3) is 0.207. The molecule has 3 aromatic carbocycles. The minimum atomic E-state index is -1.15. The molecule has 0 saturated carbocycles. The van der Waals surface area contributed by atoms with E-state index in [-0.39, 0.29) is 12.3 Å². The predicted octanol–water partition coefficient (Wildman–Crippen LogP) is 5.49. The topological polar surface area (TPSA) is 114 Å². The Morgan fingerprint density at radius 2 is 1.59 bits per heavy atom. The van der Waals surface area contributed by atoms with E-state index in [2.05, 4.69) is 10.6 Å². The Balaban J connectivity index is 1.38. The molecule has 8 heteroatoms. The number of para-hydroxylation sites is 1. The summed E-state index contributed by atoms with van der Waals surface area (Å²) in [7, 11) is 0. The van der Waals surface area contributed by atoms with Crippen LogP contribution in [0.25, 0.3) is 11.6 Å². The van der Waals surface area contributed by atoms with Crippen molar-refractivity contribution < 1.29 is 29.0 Å². The fourth-order valence-corrected chi connectivity index (χ4v) is 3.80. The Hall–Kier alpha value is -4.59. The first-order valence-corrected chi connectivity index (χ1v) is 11.8. The van der Waals surface area contributed by atoms with E-state index in [9.17, 15) is 19.5 Å². The van der Waals surface area contributed by atoms with Crippen molar-refractivity contribution in [1.29, 1.82) is 0 Å². The SMILES string of the molecule is CC(C)(C)OC(=O)NC(Cc1ccc(Oc2ccc(/C=C3\C(=O)Nc4ccccc43)cc2)cc1)C(=O)O. The molecule has 1 unspecified atom stereocenters. The number of hydrogen-bond acceptors (Lipinski definition) is 5. The maximum atomic E-state index is 12.3. The molecule has 0 bridgehead atoms. The summed E-state index contributed by atoms with van der Waals surface area (Å²) in [6, 6.07) is 20.7. The summed E-state index contributed by atoms with van der Waals surface area (Å²) in [4.78, 5) is 35.9. The van der Waals surface area contributed by atoms with Gasteiger partial charge in [-0.05, 0) is 68.3 Å². The van der Waals surface area contributed by atoms with Crippen LogP contribution in [0, 0.1) is 0 Å². The molecular weight excluding hydrogens is 472 g/mol. The Morgan fingerprint density at radius 3 is 2.22 bits per heavy atom. The number of fused-ring (bicyclic) bond motifs is 1. The molecular formula is C29H28N2O6. The summed E-state index contributed by atoms with van der Waals surface area (Å²) in [5.41, 5.74) is 3.14. The quantitative estimate of drug-likeness (QED) is 0.370. The summed E-state index contributed by atoms with van der Waals surface area (Å²) < 4.78 is 11.1. The maximum absolute atomic E-state index is 12.3. The Morgan fingerprint density at radius 1 is 0.973 bits per heavy atom. The molecule has 1 aliphatic heterocycles. The van der Waals surface area contributed by atoms with E-state index in [1.165, 1.54) is 0 Å². The number of ether oxygens (including phenoxy) is 2. The van der Waals surface area contributed by atoms with Crippen LogP contribution in [0.1, 0.15) is 37.5 Å². The van der Waals surface area contributed by atoms with Crippen LogP contribution in [0.2, 0.25) is 0 Å². The highest BCUT2D eigenvalue weighted by molar-refractivity contribution is 6.34. The van der Waals surface area contributed by atoms with Crippen LogP contribution < -0.4 is 15.4 Å². The monoisotopic (exact) mass is 500 g/mol. The van der Waals surface area contributed by atoms with Crippen LogP contribution in [0.3, 0.4) is 0 Å². The number of carbonyl (C=O) groups excluding carboxylic acids is 2. The summed E-state index contributed by atoms with van der Waals surface area (Å²) in [5, 5.41) is 14.7. The van der Waals surface area contributed by atoms with Gasteiger partial charge in [-0.15, -0.1) is 0 Å². The Kier molecular flexibility index (Phi) is 7.29. The molecule has 37 heavy (non-hydrogen) atoms. The predicted molar refractivity (Wildman–Crippen MR) is 140 cm³/mol. The van der Waals surface area contributed by atoms with Crippen LogP contribution in [-0.4, -0.2) is 34.7 Å². The summed E-state index contributed by atoms with van der Waals surface area (Å²) in [6.45, 7) is 5.12. The van der Waals surface area contributed by atoms with Gasteiger partial charge in [0.2, 0.25) is 0 Å². The minimum Gasteiger partial charge on any atom is -0.480 e. The second-order valence-corrected chi connectivity index (χ2v) is 9.61. The van der Waals surface area contributed by atoms with Gasteiger partial charge in [-0.25, -0.2) is 9.59 Å². The number of aliphatic carboxylic acids is 1. The van der Waals surface area contributed by atoms with Crippen LogP contribution in [-0.2, 0) is 20.7 Å². The second kappa shape index (κ2) is 10.6. The number of nitrogens with one attached hydrogen (secondary N) is 2. The van der Waals surface area contributed by atoms with E-state index in [0.717, 1.165) is 16.8 Å². The van der Waals surface area contributed by atoms with Crippen molar-refractivity contribution in [1.82, 2.24) is 5.32 Å². The number of anilines is 1. The van der Waals surface area contributed by atoms with E-state index in [0.29, 0.717) is 22.6 Å². The van der Waals surface area contributed by atoms with Gasteiger partial charge in [0.15, 0.2) is 0 Å². The number of benzene rings is 3. The van der Waals surface area contributed by atoms with Crippen molar-refractivity contribution in [2.75, 3.05) is 5.32 Å². The lowest BCUT2D eigenvalue weighted by atomic mass is 10.0. The molecule has 0 radical (unpaired) electrons. The van der Waals surface area contributed by atoms with Crippen LogP contribution in [0.5, 0.6) is 11.5 Å². The molecule has 1 aliphatic rings. The first-order valence-electron chi connectivity index (χ1n) is 11.8. The molecule has 190 valence electrons. The zero-order chi connectivity index (χ0) is 26.6. The molecule has 3 aromatic rings. The van der Waals surface area contributed by atoms with Crippen molar-refractivity contribution in [3.8, 4) is 11.5 Å². The third kappa shape index (κ3) is 6.76. The number of hydrogen-bond donors (Lipinski definition) is 3. The third-order valence-electron chi connectivity index (χ3n) is 5.49. The standard InChI is InChI=1S/C29H28N2O6/c1-29(2,3)37-28(35)31-25(27(33)34)17-19-10-14-21(15-11-19)36-20-12-8-18(9-13-20)16-23-22-6-4-5-7-24(22)30-26(23)32/h4-16,25H,17H2,1-3H3,(H,30,32)(H,31,35)(H,33,34)/b23-16-. The van der Waals surface area contributed by atoms with Crippen molar-refractivity contribution in [3.63, 3.8) is 0 Å². The van der Waals surface area contributed by atoms with Gasteiger partial charge in [0, 0.05) is 23.2 Å². The lowest BCUT2D eigenvalue weighted by Gasteiger charge is -2.22. The van der Waals surface area contributed by atoms with E-state index < -0.39 is 23.7 Å². The third-order valence-corrected chi connectivity index (χ3v) is 5.49. The van der Waals surface area contributed by atoms with Gasteiger partial charge in [0.1, 0.15) is 23.1 Å². The molecule has 0 saturated heterocycles. The van der Waals surface area contributed by atoms with E-state index in [1.54, 1.807) is 45.0 Å². The number of alkyl carbamates (subject to hydrolysis) is 1. The van der Waals surface area contributed by atoms with Crippen LogP contribution in [0.15, 0.2) is 72.8 Å². The van der Waals surface area contributed by atoms with Crippen molar-refractivity contribution in [2.45, 2.75) is 38.8 Å². The first kappa shape index (κ1) is 25.5. The molecule has 8 nitrogen and oxygen atoms in total. The van der Waals surface area contributed by atoms with Crippen molar-refractivity contribution in [2.24, 2.45) is 0 Å². The van der Waals surface area contributed by atoms with E-state index in [4.69, 9.17) is 9.47 Å². The van der Waals surface area contributed by atoms with Gasteiger partial charge in [-0.3, -0.25) is 4.79 Å². The zero-order valence-electron chi connectivity index (χ0n) is 20.8. The summed E-state index contributed by atoms with van der Waals surface area (Å²) in [6.07, 6.45) is 1.15. The zero-order valence-corrected chi connectivity index (χ0v) is 20.8. The number of rotatable bonds is 7. The number of carboxylic acids is 1. The highest BCUT2D eigenvalue weighted by atomic mass is 16.6. The summed E-state index contributed by atoms with van der Waals surface area (Å²) in [5.74, 6) is -0.0972. The second-order valence-electron chi connectivity index (χ2n) is 9.61. The van der Waals surface area contributed by atoms with E-state index in [1.807, 2.05) is 54.6 Å². The normalized spacial score (nSPS) is 14.5. The van der Waals surface area contributed by atoms with Crippen molar-refractivity contribution in [3.05, 3.63) is 89.5 Å². The van der Waals surface area contributed by atoms with Crippen molar-refractivity contribution >= 4 is 35.3 Å². The largest absolute Gasteiger partial charge is 0.480 e. The molecule has 2 amide bonds. The molecule has 3 N–H and O–H groups in total. The average Bonchev–Trinajstić information content (AvgIpc) is 3.14. The van der Waals surface area contributed by atoms with Gasteiger partial charge >= 0.3 is 12.1 Å². The lowest BCUT2D eigenvalue weighted by molar-refractivity contribution is -0.139. The fourth-order valence-electron chi connectivity index (χ4n) is 3.80. The number of carboxylic acid groups (broad SMARTS) is 1. The molecule has 4 rings (SSSR count). The maximum Gasteiger partial charge on any atom is 0.408 e. The van der Waals surface area contributed by atoms with Gasteiger partial charge < -0.3 is 25.2 Å². The number of amides is 2. The van der Waals surface area contributed by atoms with Gasteiger partial charge in [0.05, 0.1) is 0 Å². The summed E-state index contributed by atoms with van der Waals surface area (Å²) >= 11 is 0. The van der Waals surface area contributed by atoms with Gasteiger partial charge in [-0.2, -0.15) is 0 Å². The molecule has 0 fully saturated rings.